The molecule has 2 aromatic heterocycles. The fraction of sp³-hybridized carbons (Fsp3) is 0.371. The number of imidazole rings is 2. The highest BCUT2D eigenvalue weighted by Gasteiger charge is 2.53. The summed E-state index contributed by atoms with van der Waals surface area (Å²) in [6.45, 7) is 5.16. The number of rotatable bonds is 5. The highest BCUT2D eigenvalue weighted by atomic mass is 16.3. The van der Waals surface area contributed by atoms with E-state index in [2.05, 4.69) is 33.4 Å². The van der Waals surface area contributed by atoms with Crippen molar-refractivity contribution in [1.29, 1.82) is 0 Å². The summed E-state index contributed by atoms with van der Waals surface area (Å²) in [4.78, 5) is 45.3. The molecule has 4 aliphatic rings. The van der Waals surface area contributed by atoms with E-state index in [1.807, 2.05) is 42.5 Å². The predicted molar refractivity (Wildman–Crippen MR) is 166 cm³/mol. The van der Waals surface area contributed by atoms with E-state index < -0.39 is 11.2 Å². The molecule has 4 fully saturated rings. The second-order valence-electron chi connectivity index (χ2n) is 13.0. The normalized spacial score (nSPS) is 22.8. The van der Waals surface area contributed by atoms with E-state index in [-0.39, 0.29) is 23.9 Å². The Hall–Kier alpha value is -4.72. The first-order valence-corrected chi connectivity index (χ1v) is 15.6. The molecular formula is C35H34N6O4. The van der Waals surface area contributed by atoms with E-state index in [4.69, 9.17) is 4.98 Å². The minimum atomic E-state index is -1.23. The standard InChI is InChI=1S/C35H34N6O4/c1-21-17-29(41(20-21)33(43)35(45)14-15-35)31-37-25-11-8-23(18-26(25)38-31)5-4-22-6-9-24(10-7-22)27-19-36-30(39-27)28-3-2-16-40(28)32(42)34(44)12-13-34/h6-11,18-19,28-29,44-45H,1-3,12-17,20H2,(H,36,39)(H,37,38)/t28-,29-/m0/s1. The van der Waals surface area contributed by atoms with Gasteiger partial charge in [0.2, 0.25) is 0 Å². The van der Waals surface area contributed by atoms with Crippen molar-refractivity contribution >= 4 is 22.8 Å². The maximum absolute atomic E-state index is 12.9. The molecule has 0 unspecified atom stereocenters. The number of hydrogen-bond donors (Lipinski definition) is 4. The van der Waals surface area contributed by atoms with Crippen molar-refractivity contribution in [2.24, 2.45) is 0 Å². The van der Waals surface area contributed by atoms with Crippen LogP contribution in [0.5, 0.6) is 0 Å². The molecule has 0 bridgehead atoms. The van der Waals surface area contributed by atoms with Gasteiger partial charge in [-0.05, 0) is 80.8 Å². The van der Waals surface area contributed by atoms with Gasteiger partial charge < -0.3 is 30.0 Å². The third-order valence-electron chi connectivity index (χ3n) is 9.54. The van der Waals surface area contributed by atoms with E-state index in [9.17, 15) is 19.8 Å². The SMILES string of the molecule is C=C1C[C@@H](c2nc3ccc(C#Cc4ccc(-c5cnc([C@@H]6CCCN6C(=O)C6(O)CC6)[nH]5)cc4)cc3[nH]2)N(C(=O)C2(O)CC2)C1. The summed E-state index contributed by atoms with van der Waals surface area (Å²) in [7, 11) is 0. The van der Waals surface area contributed by atoms with E-state index in [0.29, 0.717) is 51.0 Å². The number of aromatic nitrogens is 4. The van der Waals surface area contributed by atoms with Gasteiger partial charge in [-0.2, -0.15) is 0 Å². The average molecular weight is 603 g/mol. The summed E-state index contributed by atoms with van der Waals surface area (Å²) in [6, 6.07) is 13.3. The zero-order chi connectivity index (χ0) is 30.9. The Morgan fingerprint density at radius 1 is 0.889 bits per heavy atom. The van der Waals surface area contributed by atoms with Crippen molar-refractivity contribution in [3.05, 3.63) is 83.6 Å². The number of aromatic amines is 2. The number of fused-ring (bicyclic) bond motifs is 1. The first kappa shape index (κ1) is 27.8. The Kier molecular flexibility index (Phi) is 6.28. The Morgan fingerprint density at radius 2 is 1.58 bits per heavy atom. The molecule has 4 heterocycles. The average Bonchev–Trinajstić information content (AvgIpc) is 3.62. The Bertz CT molecular complexity index is 1920. The number of H-pyrrole nitrogens is 2. The second kappa shape index (κ2) is 10.2. The molecule has 228 valence electrons. The molecule has 45 heavy (non-hydrogen) atoms. The van der Waals surface area contributed by atoms with Crippen LogP contribution < -0.4 is 0 Å². The molecule has 0 radical (unpaired) electrons. The van der Waals surface area contributed by atoms with Gasteiger partial charge in [-0.15, -0.1) is 0 Å². The zero-order valence-corrected chi connectivity index (χ0v) is 24.8. The van der Waals surface area contributed by atoms with Gasteiger partial charge in [-0.25, -0.2) is 9.97 Å². The summed E-state index contributed by atoms with van der Waals surface area (Å²) >= 11 is 0. The van der Waals surface area contributed by atoms with Gasteiger partial charge in [0.25, 0.3) is 11.8 Å². The van der Waals surface area contributed by atoms with Gasteiger partial charge in [0.15, 0.2) is 0 Å². The van der Waals surface area contributed by atoms with Crippen LogP contribution in [0, 0.1) is 11.8 Å². The van der Waals surface area contributed by atoms with Crippen molar-refractivity contribution in [2.45, 2.75) is 68.2 Å². The number of benzene rings is 2. The molecule has 2 aromatic carbocycles. The van der Waals surface area contributed by atoms with Crippen molar-refractivity contribution in [3.63, 3.8) is 0 Å². The van der Waals surface area contributed by atoms with E-state index in [0.717, 1.165) is 57.7 Å². The number of hydrogen-bond acceptors (Lipinski definition) is 6. The summed E-state index contributed by atoms with van der Waals surface area (Å²) in [6.07, 6.45) is 6.22. The van der Waals surface area contributed by atoms with Crippen LogP contribution in [-0.4, -0.2) is 76.1 Å². The van der Waals surface area contributed by atoms with Gasteiger partial charge in [-0.3, -0.25) is 9.59 Å². The monoisotopic (exact) mass is 602 g/mol. The molecule has 2 amide bonds. The summed E-state index contributed by atoms with van der Waals surface area (Å²) in [5.74, 6) is 7.50. The van der Waals surface area contributed by atoms with E-state index >= 15 is 0 Å². The molecule has 10 heteroatoms. The summed E-state index contributed by atoms with van der Waals surface area (Å²) in [5.41, 5.74) is 3.73. The molecule has 2 saturated carbocycles. The number of carbonyl (C=O) groups is 2. The minimum absolute atomic E-state index is 0.140. The van der Waals surface area contributed by atoms with Crippen LogP contribution in [0.1, 0.15) is 79.8 Å². The molecule has 2 aliphatic heterocycles. The van der Waals surface area contributed by atoms with Gasteiger partial charge in [-0.1, -0.05) is 36.1 Å². The summed E-state index contributed by atoms with van der Waals surface area (Å²) < 4.78 is 0. The molecule has 4 aromatic rings. The number of nitrogens with zero attached hydrogens (tertiary/aromatic N) is 4. The largest absolute Gasteiger partial charge is 0.380 e. The second-order valence-corrected chi connectivity index (χ2v) is 13.0. The topological polar surface area (TPSA) is 138 Å². The number of aliphatic hydroxyl groups is 2. The molecule has 8 rings (SSSR count). The number of nitrogens with one attached hydrogen (secondary N) is 2. The van der Waals surface area contributed by atoms with Crippen molar-refractivity contribution in [2.75, 3.05) is 13.1 Å². The van der Waals surface area contributed by atoms with Crippen molar-refractivity contribution in [3.8, 4) is 23.1 Å². The lowest BCUT2D eigenvalue weighted by atomic mass is 10.1. The maximum atomic E-state index is 12.9. The zero-order valence-electron chi connectivity index (χ0n) is 24.8. The third-order valence-corrected chi connectivity index (χ3v) is 9.54. The highest BCUT2D eigenvalue weighted by molar-refractivity contribution is 5.89. The Balaban J connectivity index is 0.963. The van der Waals surface area contributed by atoms with Gasteiger partial charge >= 0.3 is 0 Å². The molecule has 2 aliphatic carbocycles. The maximum Gasteiger partial charge on any atom is 0.255 e. The van der Waals surface area contributed by atoms with E-state index in [1.165, 1.54) is 0 Å². The molecule has 10 nitrogen and oxygen atoms in total. The van der Waals surface area contributed by atoms with Gasteiger partial charge in [0, 0.05) is 24.2 Å². The quantitative estimate of drug-likeness (QED) is 0.202. The molecule has 4 N–H and O–H groups in total. The van der Waals surface area contributed by atoms with Gasteiger partial charge in [0.1, 0.15) is 22.9 Å². The highest BCUT2D eigenvalue weighted by Crippen LogP contribution is 2.43. The minimum Gasteiger partial charge on any atom is -0.380 e. The fourth-order valence-corrected chi connectivity index (χ4v) is 6.55. The summed E-state index contributed by atoms with van der Waals surface area (Å²) in [5, 5.41) is 20.7. The lowest BCUT2D eigenvalue weighted by Gasteiger charge is -2.25. The van der Waals surface area contributed by atoms with Crippen LogP contribution in [0.25, 0.3) is 22.3 Å². The molecule has 2 saturated heterocycles. The molecular weight excluding hydrogens is 568 g/mol. The number of likely N-dealkylation sites (tertiary alicyclic amines) is 2. The van der Waals surface area contributed by atoms with Crippen LogP contribution >= 0.6 is 0 Å². The lowest BCUT2D eigenvalue weighted by molar-refractivity contribution is -0.144. The van der Waals surface area contributed by atoms with Crippen LogP contribution in [0.2, 0.25) is 0 Å². The third kappa shape index (κ3) is 5.02. The first-order valence-electron chi connectivity index (χ1n) is 15.6. The Morgan fingerprint density at radius 3 is 2.31 bits per heavy atom. The van der Waals surface area contributed by atoms with Crippen molar-refractivity contribution in [1.82, 2.24) is 29.7 Å². The van der Waals surface area contributed by atoms with E-state index in [1.54, 1.807) is 16.0 Å². The lowest BCUT2D eigenvalue weighted by Crippen LogP contribution is -2.40. The molecule has 2 atom stereocenters. The smallest absolute Gasteiger partial charge is 0.255 e. The Labute approximate surface area is 260 Å². The van der Waals surface area contributed by atoms with Crippen molar-refractivity contribution < 1.29 is 19.8 Å². The van der Waals surface area contributed by atoms with Crippen LogP contribution in [-0.2, 0) is 9.59 Å². The van der Waals surface area contributed by atoms with Crippen LogP contribution in [0.15, 0.2) is 60.8 Å². The predicted octanol–water partition coefficient (Wildman–Crippen LogP) is 3.90. The van der Waals surface area contributed by atoms with Crippen LogP contribution in [0.3, 0.4) is 0 Å². The van der Waals surface area contributed by atoms with Crippen LogP contribution in [0.4, 0.5) is 0 Å². The number of carbonyl (C=O) groups excluding carboxylic acids is 2. The number of amides is 2. The first-order chi connectivity index (χ1) is 21.7. The fourth-order valence-electron chi connectivity index (χ4n) is 6.55. The van der Waals surface area contributed by atoms with Gasteiger partial charge in [0.05, 0.1) is 35.0 Å². The molecule has 0 spiro atoms.